The minimum absolute atomic E-state index is 0.0747. The van der Waals surface area contributed by atoms with Crippen LogP contribution in [-0.2, 0) is 17.8 Å². The summed E-state index contributed by atoms with van der Waals surface area (Å²) in [6, 6.07) is 0. The number of nitrogens with zero attached hydrogens (tertiary/aromatic N) is 3. The van der Waals surface area contributed by atoms with Crippen LogP contribution in [0.1, 0.15) is 37.9 Å². The molecule has 4 saturated carbocycles. The van der Waals surface area contributed by atoms with Crippen LogP contribution in [0.4, 0.5) is 0 Å². The summed E-state index contributed by atoms with van der Waals surface area (Å²) in [6.07, 6.45) is 8.76. The number of rotatable bonds is 4. The second-order valence-electron chi connectivity index (χ2n) is 7.05. The van der Waals surface area contributed by atoms with Gasteiger partial charge in [-0.2, -0.15) is 5.10 Å². The Morgan fingerprint density at radius 3 is 2.45 bits per heavy atom. The van der Waals surface area contributed by atoms with Crippen LogP contribution in [0.2, 0.25) is 0 Å². The van der Waals surface area contributed by atoms with Crippen LogP contribution in [0.25, 0.3) is 0 Å². The van der Waals surface area contributed by atoms with Crippen LogP contribution in [0.5, 0.6) is 0 Å². The van der Waals surface area contributed by atoms with Crippen LogP contribution >= 0.6 is 0 Å². The lowest BCUT2D eigenvalue weighted by molar-refractivity contribution is -0.136. The quantitative estimate of drug-likeness (QED) is 0.912. The summed E-state index contributed by atoms with van der Waals surface area (Å²) in [6.45, 7) is 0.932. The Bertz CT molecular complexity index is 497. The standard InChI is InChI=1S/C15H21N3O2/c19-15(20)6-14-16-8-18(17-14)7-13-11-2-9-1-10(4-11)5-12(13)3-9/h8-13H,1-7H2,(H,19,20). The van der Waals surface area contributed by atoms with Crippen LogP contribution in [0, 0.1) is 29.6 Å². The molecule has 0 radical (unpaired) electrons. The summed E-state index contributed by atoms with van der Waals surface area (Å²) < 4.78 is 1.88. The van der Waals surface area contributed by atoms with Gasteiger partial charge in [0.2, 0.25) is 0 Å². The van der Waals surface area contributed by atoms with Gasteiger partial charge in [-0.05, 0) is 61.7 Å². The van der Waals surface area contributed by atoms with Gasteiger partial charge in [-0.1, -0.05) is 0 Å². The molecule has 1 N–H and O–H groups in total. The molecule has 1 aromatic rings. The Kier molecular flexibility index (Phi) is 2.82. The molecule has 4 aliphatic carbocycles. The van der Waals surface area contributed by atoms with Crippen molar-refractivity contribution in [3.63, 3.8) is 0 Å². The summed E-state index contributed by atoms with van der Waals surface area (Å²) in [5.41, 5.74) is 0. The van der Waals surface area contributed by atoms with E-state index in [9.17, 15) is 4.79 Å². The van der Waals surface area contributed by atoms with E-state index in [1.54, 1.807) is 6.33 Å². The first-order chi connectivity index (χ1) is 9.67. The molecule has 0 aliphatic heterocycles. The molecule has 108 valence electrons. The van der Waals surface area contributed by atoms with Crippen molar-refractivity contribution in [1.82, 2.24) is 14.8 Å². The molecule has 0 amide bonds. The number of hydrogen-bond donors (Lipinski definition) is 1. The molecule has 0 atom stereocenters. The zero-order valence-electron chi connectivity index (χ0n) is 11.6. The number of aliphatic carboxylic acids is 1. The van der Waals surface area contributed by atoms with Gasteiger partial charge in [0.05, 0.1) is 0 Å². The molecule has 4 aliphatic rings. The maximum absolute atomic E-state index is 10.7. The number of carboxylic acids is 1. The number of carboxylic acid groups (broad SMARTS) is 1. The SMILES string of the molecule is O=C(O)Cc1ncn(CC2C3CC4CC(C3)CC2C4)n1. The van der Waals surface area contributed by atoms with E-state index in [0.29, 0.717) is 5.82 Å². The van der Waals surface area contributed by atoms with E-state index >= 15 is 0 Å². The smallest absolute Gasteiger partial charge is 0.311 e. The molecule has 4 fully saturated rings. The van der Waals surface area contributed by atoms with Gasteiger partial charge in [-0.25, -0.2) is 4.98 Å². The molecule has 0 aromatic carbocycles. The Balaban J connectivity index is 1.46. The fourth-order valence-electron chi connectivity index (χ4n) is 5.19. The Labute approximate surface area is 118 Å². The van der Waals surface area contributed by atoms with Crippen molar-refractivity contribution in [3.05, 3.63) is 12.2 Å². The first-order valence-corrected chi connectivity index (χ1v) is 7.77. The van der Waals surface area contributed by atoms with Crippen molar-refractivity contribution in [1.29, 1.82) is 0 Å². The topological polar surface area (TPSA) is 68.0 Å². The van der Waals surface area contributed by atoms with Crippen LogP contribution in [0.15, 0.2) is 6.33 Å². The summed E-state index contributed by atoms with van der Waals surface area (Å²) in [4.78, 5) is 14.8. The second kappa shape index (κ2) is 4.57. The Morgan fingerprint density at radius 2 is 1.85 bits per heavy atom. The highest BCUT2D eigenvalue weighted by Gasteiger charge is 2.48. The first-order valence-electron chi connectivity index (χ1n) is 7.77. The molecule has 1 aromatic heterocycles. The van der Waals surface area contributed by atoms with Crippen molar-refractivity contribution in [3.8, 4) is 0 Å². The Morgan fingerprint density at radius 1 is 1.20 bits per heavy atom. The van der Waals surface area contributed by atoms with E-state index in [4.69, 9.17) is 5.11 Å². The van der Waals surface area contributed by atoms with Crippen molar-refractivity contribution in [2.75, 3.05) is 0 Å². The van der Waals surface area contributed by atoms with Crippen LogP contribution < -0.4 is 0 Å². The summed E-state index contributed by atoms with van der Waals surface area (Å²) in [7, 11) is 0. The molecule has 4 bridgehead atoms. The zero-order valence-corrected chi connectivity index (χ0v) is 11.6. The van der Waals surface area contributed by atoms with Gasteiger partial charge >= 0.3 is 5.97 Å². The van der Waals surface area contributed by atoms with E-state index in [1.165, 1.54) is 32.1 Å². The lowest BCUT2D eigenvalue weighted by Crippen LogP contribution is -2.46. The summed E-state index contributed by atoms with van der Waals surface area (Å²) in [5.74, 6) is 4.04. The van der Waals surface area contributed by atoms with Crippen molar-refractivity contribution < 1.29 is 9.90 Å². The fraction of sp³-hybridized carbons (Fsp3) is 0.800. The first kappa shape index (κ1) is 12.4. The number of carbonyl (C=O) groups is 1. The van der Waals surface area contributed by atoms with Gasteiger partial charge in [0, 0.05) is 6.54 Å². The summed E-state index contributed by atoms with van der Waals surface area (Å²) >= 11 is 0. The third-order valence-corrected chi connectivity index (χ3v) is 5.71. The molecule has 1 heterocycles. The predicted octanol–water partition coefficient (Wildman–Crippen LogP) is 1.98. The van der Waals surface area contributed by atoms with Crippen molar-refractivity contribution in [2.24, 2.45) is 29.6 Å². The molecule has 0 saturated heterocycles. The number of hydrogen-bond acceptors (Lipinski definition) is 3. The van der Waals surface area contributed by atoms with E-state index in [0.717, 1.165) is 36.1 Å². The molecular formula is C15H21N3O2. The molecule has 0 spiro atoms. The van der Waals surface area contributed by atoms with E-state index in [1.807, 2.05) is 4.68 Å². The highest BCUT2D eigenvalue weighted by molar-refractivity contribution is 5.68. The average molecular weight is 275 g/mol. The maximum atomic E-state index is 10.7. The van der Waals surface area contributed by atoms with Gasteiger partial charge in [0.25, 0.3) is 0 Å². The predicted molar refractivity (Wildman–Crippen MR) is 71.9 cm³/mol. The highest BCUT2D eigenvalue weighted by Crippen LogP contribution is 2.56. The largest absolute Gasteiger partial charge is 0.481 e. The lowest BCUT2D eigenvalue weighted by Gasteiger charge is -2.54. The van der Waals surface area contributed by atoms with E-state index in [-0.39, 0.29) is 6.42 Å². The van der Waals surface area contributed by atoms with Gasteiger partial charge < -0.3 is 5.11 Å². The van der Waals surface area contributed by atoms with Crippen LogP contribution in [0.3, 0.4) is 0 Å². The van der Waals surface area contributed by atoms with Gasteiger partial charge in [-0.15, -0.1) is 0 Å². The maximum Gasteiger partial charge on any atom is 0.311 e. The summed E-state index contributed by atoms with van der Waals surface area (Å²) in [5, 5.41) is 13.1. The average Bonchev–Trinajstić information content (AvgIpc) is 2.79. The molecule has 5 rings (SSSR count). The van der Waals surface area contributed by atoms with Crippen LogP contribution in [-0.4, -0.2) is 25.8 Å². The van der Waals surface area contributed by atoms with E-state index < -0.39 is 5.97 Å². The molecule has 5 nitrogen and oxygen atoms in total. The third kappa shape index (κ3) is 2.13. The highest BCUT2D eigenvalue weighted by atomic mass is 16.4. The number of aromatic nitrogens is 3. The van der Waals surface area contributed by atoms with Gasteiger partial charge in [0.15, 0.2) is 5.82 Å². The molecule has 0 unspecified atom stereocenters. The normalized spacial score (nSPS) is 38.3. The van der Waals surface area contributed by atoms with Gasteiger partial charge in [-0.3, -0.25) is 9.48 Å². The Hall–Kier alpha value is -1.39. The molecule has 20 heavy (non-hydrogen) atoms. The zero-order chi connectivity index (χ0) is 13.7. The van der Waals surface area contributed by atoms with Gasteiger partial charge in [0.1, 0.15) is 12.7 Å². The third-order valence-electron chi connectivity index (χ3n) is 5.71. The minimum Gasteiger partial charge on any atom is -0.481 e. The van der Waals surface area contributed by atoms with Crippen molar-refractivity contribution >= 4 is 5.97 Å². The second-order valence-corrected chi connectivity index (χ2v) is 7.05. The molecule has 5 heteroatoms. The molecular weight excluding hydrogens is 254 g/mol. The van der Waals surface area contributed by atoms with Crippen molar-refractivity contribution in [2.45, 2.75) is 45.1 Å². The fourth-order valence-corrected chi connectivity index (χ4v) is 5.19. The minimum atomic E-state index is -0.864. The monoisotopic (exact) mass is 275 g/mol. The lowest BCUT2D eigenvalue weighted by atomic mass is 9.52. The van der Waals surface area contributed by atoms with E-state index in [2.05, 4.69) is 10.1 Å².